The maximum Gasteiger partial charge on any atom is 0.159 e. The van der Waals surface area contributed by atoms with E-state index >= 15 is 0 Å². The van der Waals surface area contributed by atoms with Crippen molar-refractivity contribution in [2.75, 3.05) is 0 Å². The van der Waals surface area contributed by atoms with E-state index in [9.17, 15) is 4.79 Å². The van der Waals surface area contributed by atoms with Gasteiger partial charge in [-0.15, -0.1) is 0 Å². The molecule has 3 nitrogen and oxygen atoms in total. The number of hydrogen-bond acceptors (Lipinski definition) is 3. The molecule has 0 radical (unpaired) electrons. The number of ketones is 1. The van der Waals surface area contributed by atoms with Crippen molar-refractivity contribution in [3.63, 3.8) is 0 Å². The van der Waals surface area contributed by atoms with Gasteiger partial charge in [0, 0.05) is 5.56 Å². The van der Waals surface area contributed by atoms with E-state index in [2.05, 4.69) is 4.84 Å². The SMILES string of the molecule is CC(=O)c1ccc(ON)cc1. The molecular weight excluding hydrogens is 142 g/mol. The van der Waals surface area contributed by atoms with Crippen LogP contribution in [0.1, 0.15) is 17.3 Å². The minimum atomic E-state index is 0.0357. The van der Waals surface area contributed by atoms with Crippen LogP contribution in [0.15, 0.2) is 24.3 Å². The Balaban J connectivity index is 2.91. The summed E-state index contributed by atoms with van der Waals surface area (Å²) in [6.07, 6.45) is 0. The maximum atomic E-state index is 10.8. The zero-order chi connectivity index (χ0) is 8.27. The van der Waals surface area contributed by atoms with Gasteiger partial charge in [-0.2, -0.15) is 5.90 Å². The van der Waals surface area contributed by atoms with E-state index in [1.165, 1.54) is 6.92 Å². The smallest absolute Gasteiger partial charge is 0.159 e. The standard InChI is InChI=1S/C8H9NO2/c1-6(10)7-2-4-8(11-9)5-3-7/h2-5H,9H2,1H3. The summed E-state index contributed by atoms with van der Waals surface area (Å²) in [6, 6.07) is 6.64. The molecule has 0 fully saturated rings. The molecule has 2 N–H and O–H groups in total. The second kappa shape index (κ2) is 3.16. The summed E-state index contributed by atoms with van der Waals surface area (Å²) in [5.74, 6) is 5.48. The van der Waals surface area contributed by atoms with E-state index < -0.39 is 0 Å². The van der Waals surface area contributed by atoms with Crippen molar-refractivity contribution in [1.29, 1.82) is 0 Å². The Morgan fingerprint density at radius 1 is 1.36 bits per heavy atom. The predicted octanol–water partition coefficient (Wildman–Crippen LogP) is 1.14. The Bertz CT molecular complexity index is 253. The molecule has 0 unspecified atom stereocenters. The fourth-order valence-electron chi connectivity index (χ4n) is 0.768. The predicted molar refractivity (Wildman–Crippen MR) is 41.3 cm³/mol. The first kappa shape index (κ1) is 7.75. The molecule has 0 amide bonds. The van der Waals surface area contributed by atoms with Crippen LogP contribution in [0.3, 0.4) is 0 Å². The van der Waals surface area contributed by atoms with Crippen LogP contribution in [0.25, 0.3) is 0 Å². The third kappa shape index (κ3) is 1.78. The Hall–Kier alpha value is -1.35. The van der Waals surface area contributed by atoms with Crippen LogP contribution in [0.4, 0.5) is 0 Å². The molecule has 0 bridgehead atoms. The number of benzene rings is 1. The summed E-state index contributed by atoms with van der Waals surface area (Å²) >= 11 is 0. The van der Waals surface area contributed by atoms with Gasteiger partial charge in [-0.05, 0) is 31.2 Å². The normalized spacial score (nSPS) is 9.27. The minimum absolute atomic E-state index is 0.0357. The zero-order valence-corrected chi connectivity index (χ0v) is 6.20. The highest BCUT2D eigenvalue weighted by atomic mass is 16.6. The number of nitrogens with two attached hydrogens (primary N) is 1. The van der Waals surface area contributed by atoms with Gasteiger partial charge in [0.15, 0.2) is 5.78 Å². The van der Waals surface area contributed by atoms with Crippen molar-refractivity contribution in [1.82, 2.24) is 0 Å². The third-order valence-electron chi connectivity index (χ3n) is 1.40. The Morgan fingerprint density at radius 3 is 2.27 bits per heavy atom. The van der Waals surface area contributed by atoms with Crippen LogP contribution in [0.5, 0.6) is 5.75 Å². The van der Waals surface area contributed by atoms with Crippen LogP contribution in [-0.2, 0) is 0 Å². The minimum Gasteiger partial charge on any atom is -0.412 e. The highest BCUT2D eigenvalue weighted by Crippen LogP contribution is 2.10. The van der Waals surface area contributed by atoms with Crippen molar-refractivity contribution < 1.29 is 9.63 Å². The summed E-state index contributed by atoms with van der Waals surface area (Å²) in [6.45, 7) is 1.51. The quantitative estimate of drug-likeness (QED) is 0.509. The largest absolute Gasteiger partial charge is 0.412 e. The molecule has 0 aliphatic carbocycles. The molecule has 0 heterocycles. The first-order chi connectivity index (χ1) is 5.24. The maximum absolute atomic E-state index is 10.8. The summed E-state index contributed by atoms with van der Waals surface area (Å²) in [5.41, 5.74) is 0.658. The van der Waals surface area contributed by atoms with Crippen molar-refractivity contribution in [3.8, 4) is 5.75 Å². The Kier molecular flexibility index (Phi) is 2.23. The van der Waals surface area contributed by atoms with Crippen molar-refractivity contribution in [3.05, 3.63) is 29.8 Å². The lowest BCUT2D eigenvalue weighted by Crippen LogP contribution is -2.01. The number of rotatable bonds is 2. The molecule has 0 aliphatic heterocycles. The van der Waals surface area contributed by atoms with Gasteiger partial charge in [-0.1, -0.05) is 0 Å². The van der Waals surface area contributed by atoms with Crippen LogP contribution in [0.2, 0.25) is 0 Å². The summed E-state index contributed by atoms with van der Waals surface area (Å²) < 4.78 is 0. The third-order valence-corrected chi connectivity index (χ3v) is 1.40. The van der Waals surface area contributed by atoms with Crippen molar-refractivity contribution >= 4 is 5.78 Å². The molecule has 11 heavy (non-hydrogen) atoms. The van der Waals surface area contributed by atoms with Gasteiger partial charge in [-0.3, -0.25) is 4.79 Å². The van der Waals surface area contributed by atoms with E-state index in [0.717, 1.165) is 0 Å². The number of hydrogen-bond donors (Lipinski definition) is 1. The molecule has 0 spiro atoms. The second-order valence-corrected chi connectivity index (χ2v) is 2.20. The average Bonchev–Trinajstić information content (AvgIpc) is 2.05. The van der Waals surface area contributed by atoms with Gasteiger partial charge in [0.25, 0.3) is 0 Å². The molecule has 1 aromatic carbocycles. The lowest BCUT2D eigenvalue weighted by molar-refractivity contribution is 0.101. The first-order valence-electron chi connectivity index (χ1n) is 3.22. The van der Waals surface area contributed by atoms with Crippen LogP contribution in [0, 0.1) is 0 Å². The van der Waals surface area contributed by atoms with E-state index in [4.69, 9.17) is 5.90 Å². The van der Waals surface area contributed by atoms with Crippen LogP contribution < -0.4 is 10.7 Å². The number of carbonyl (C=O) groups excluding carboxylic acids is 1. The van der Waals surface area contributed by atoms with Gasteiger partial charge >= 0.3 is 0 Å². The van der Waals surface area contributed by atoms with Crippen LogP contribution >= 0.6 is 0 Å². The summed E-state index contributed by atoms with van der Waals surface area (Å²) in [5, 5.41) is 0. The average molecular weight is 151 g/mol. The number of carbonyl (C=O) groups is 1. The van der Waals surface area contributed by atoms with E-state index in [1.54, 1.807) is 24.3 Å². The fraction of sp³-hybridized carbons (Fsp3) is 0.125. The van der Waals surface area contributed by atoms with E-state index in [0.29, 0.717) is 11.3 Å². The second-order valence-electron chi connectivity index (χ2n) is 2.20. The fourth-order valence-corrected chi connectivity index (χ4v) is 0.768. The molecular formula is C8H9NO2. The van der Waals surface area contributed by atoms with Gasteiger partial charge in [0.2, 0.25) is 0 Å². The van der Waals surface area contributed by atoms with Gasteiger partial charge in [0.05, 0.1) is 0 Å². The highest BCUT2D eigenvalue weighted by molar-refractivity contribution is 5.94. The highest BCUT2D eigenvalue weighted by Gasteiger charge is 1.97. The first-order valence-corrected chi connectivity index (χ1v) is 3.22. The zero-order valence-electron chi connectivity index (χ0n) is 6.20. The molecule has 1 rings (SSSR count). The Morgan fingerprint density at radius 2 is 1.91 bits per heavy atom. The molecule has 0 saturated heterocycles. The molecule has 1 aromatic rings. The van der Waals surface area contributed by atoms with Gasteiger partial charge in [-0.25, -0.2) is 0 Å². The summed E-state index contributed by atoms with van der Waals surface area (Å²) in [7, 11) is 0. The summed E-state index contributed by atoms with van der Waals surface area (Å²) in [4.78, 5) is 15.2. The molecule has 0 aliphatic rings. The number of Topliss-reactive ketones (excluding diaryl/α,β-unsaturated/α-hetero) is 1. The van der Waals surface area contributed by atoms with Crippen LogP contribution in [-0.4, -0.2) is 5.78 Å². The lowest BCUT2D eigenvalue weighted by Gasteiger charge is -1.97. The molecule has 0 aromatic heterocycles. The molecule has 0 atom stereocenters. The Labute approximate surface area is 64.7 Å². The molecule has 3 heteroatoms. The monoisotopic (exact) mass is 151 g/mol. The van der Waals surface area contributed by atoms with Gasteiger partial charge < -0.3 is 4.84 Å². The molecule has 58 valence electrons. The molecule has 0 saturated carbocycles. The van der Waals surface area contributed by atoms with Gasteiger partial charge in [0.1, 0.15) is 5.75 Å². The lowest BCUT2D eigenvalue weighted by atomic mass is 10.1. The van der Waals surface area contributed by atoms with E-state index in [1.807, 2.05) is 0 Å². The van der Waals surface area contributed by atoms with Crippen molar-refractivity contribution in [2.45, 2.75) is 6.92 Å². The van der Waals surface area contributed by atoms with E-state index in [-0.39, 0.29) is 5.78 Å². The topological polar surface area (TPSA) is 52.3 Å². The van der Waals surface area contributed by atoms with Crippen molar-refractivity contribution in [2.24, 2.45) is 5.90 Å².